The number of hydrogen-bond donors (Lipinski definition) is 2. The zero-order valence-corrected chi connectivity index (χ0v) is 18.6. The number of ether oxygens (including phenoxy) is 3. The zero-order valence-electron chi connectivity index (χ0n) is 17.8. The van der Waals surface area contributed by atoms with Gasteiger partial charge in [0.25, 0.3) is 0 Å². The standard InChI is InChI=1S/C22H28N2O6S/c1-15(2)12-19(24-31(26,27)18-10-8-16(28-3)9-11-18)22(25)23-13-17-14-29-20-6-4-5-7-21(20)30-17/h4-11,15,17,19,24H,12-14H2,1-3H3,(H,23,25). The minimum absolute atomic E-state index is 0.0653. The number of fused-ring (bicyclic) bond motifs is 1. The van der Waals surface area contributed by atoms with Gasteiger partial charge in [0.05, 0.1) is 18.6 Å². The van der Waals surface area contributed by atoms with E-state index >= 15 is 0 Å². The van der Waals surface area contributed by atoms with Crippen molar-refractivity contribution >= 4 is 15.9 Å². The van der Waals surface area contributed by atoms with Crippen LogP contribution in [0.5, 0.6) is 17.2 Å². The highest BCUT2D eigenvalue weighted by Crippen LogP contribution is 2.30. The SMILES string of the molecule is COc1ccc(S(=O)(=O)NC(CC(C)C)C(=O)NCC2COc3ccccc3O2)cc1. The number of rotatable bonds is 9. The summed E-state index contributed by atoms with van der Waals surface area (Å²) < 4.78 is 44.7. The van der Waals surface area contributed by atoms with E-state index in [0.29, 0.717) is 30.3 Å². The summed E-state index contributed by atoms with van der Waals surface area (Å²) in [5.41, 5.74) is 0. The fraction of sp³-hybridized carbons (Fsp3) is 0.409. The highest BCUT2D eigenvalue weighted by Gasteiger charge is 2.28. The predicted molar refractivity (Wildman–Crippen MR) is 116 cm³/mol. The first-order chi connectivity index (χ1) is 14.8. The Kier molecular flexibility index (Phi) is 7.40. The van der Waals surface area contributed by atoms with E-state index < -0.39 is 22.0 Å². The fourth-order valence-corrected chi connectivity index (χ4v) is 4.40. The Morgan fingerprint density at radius 2 is 1.81 bits per heavy atom. The Labute approximate surface area is 182 Å². The van der Waals surface area contributed by atoms with Crippen molar-refractivity contribution in [3.05, 3.63) is 48.5 Å². The van der Waals surface area contributed by atoms with E-state index in [-0.39, 0.29) is 23.5 Å². The van der Waals surface area contributed by atoms with Crippen LogP contribution < -0.4 is 24.2 Å². The second-order valence-corrected chi connectivity index (χ2v) is 9.44. The molecule has 168 valence electrons. The number of amides is 1. The van der Waals surface area contributed by atoms with Gasteiger partial charge in [-0.05, 0) is 48.7 Å². The average Bonchev–Trinajstić information content (AvgIpc) is 2.76. The lowest BCUT2D eigenvalue weighted by molar-refractivity contribution is -0.123. The van der Waals surface area contributed by atoms with E-state index in [0.717, 1.165) is 0 Å². The molecule has 2 atom stereocenters. The molecular formula is C22H28N2O6S. The summed E-state index contributed by atoms with van der Waals surface area (Å²) >= 11 is 0. The molecule has 2 aromatic carbocycles. The molecule has 1 aliphatic heterocycles. The van der Waals surface area contributed by atoms with Crippen molar-refractivity contribution in [1.29, 1.82) is 0 Å². The maximum absolute atomic E-state index is 12.8. The van der Waals surface area contributed by atoms with Crippen LogP contribution >= 0.6 is 0 Å². The third-order valence-corrected chi connectivity index (χ3v) is 6.25. The van der Waals surface area contributed by atoms with Crippen molar-refractivity contribution in [2.45, 2.75) is 37.3 Å². The van der Waals surface area contributed by atoms with E-state index in [1.807, 2.05) is 32.0 Å². The molecule has 1 aliphatic rings. The number of carbonyl (C=O) groups excluding carboxylic acids is 1. The van der Waals surface area contributed by atoms with Gasteiger partial charge < -0.3 is 19.5 Å². The van der Waals surface area contributed by atoms with E-state index in [1.54, 1.807) is 18.2 Å². The molecule has 0 bridgehead atoms. The third-order valence-electron chi connectivity index (χ3n) is 4.76. The molecule has 0 spiro atoms. The lowest BCUT2D eigenvalue weighted by atomic mass is 10.0. The van der Waals surface area contributed by atoms with Crippen molar-refractivity contribution in [3.63, 3.8) is 0 Å². The van der Waals surface area contributed by atoms with Crippen LogP contribution in [0.3, 0.4) is 0 Å². The molecule has 2 unspecified atom stereocenters. The minimum Gasteiger partial charge on any atom is -0.497 e. The first-order valence-electron chi connectivity index (χ1n) is 10.1. The minimum atomic E-state index is -3.88. The molecule has 1 amide bonds. The molecule has 9 heteroatoms. The third kappa shape index (κ3) is 6.11. The maximum Gasteiger partial charge on any atom is 0.241 e. The van der Waals surface area contributed by atoms with Gasteiger partial charge in [-0.15, -0.1) is 0 Å². The first kappa shape index (κ1) is 22.9. The van der Waals surface area contributed by atoms with Gasteiger partial charge in [-0.1, -0.05) is 26.0 Å². The summed E-state index contributed by atoms with van der Waals surface area (Å²) in [6, 6.07) is 12.4. The molecule has 0 saturated carbocycles. The summed E-state index contributed by atoms with van der Waals surface area (Å²) in [6.07, 6.45) is -0.0109. The van der Waals surface area contributed by atoms with Crippen molar-refractivity contribution in [3.8, 4) is 17.2 Å². The monoisotopic (exact) mass is 448 g/mol. The van der Waals surface area contributed by atoms with Gasteiger partial charge in [-0.3, -0.25) is 4.79 Å². The Hall–Kier alpha value is -2.78. The summed E-state index contributed by atoms with van der Waals surface area (Å²) in [7, 11) is -2.38. The lowest BCUT2D eigenvalue weighted by Crippen LogP contribution is -2.50. The van der Waals surface area contributed by atoms with Gasteiger partial charge in [-0.2, -0.15) is 4.72 Å². The summed E-state index contributed by atoms with van der Waals surface area (Å²) in [5.74, 6) is 1.53. The molecule has 3 rings (SSSR count). The number of hydrogen-bond acceptors (Lipinski definition) is 6. The number of sulfonamides is 1. The molecule has 31 heavy (non-hydrogen) atoms. The predicted octanol–water partition coefficient (Wildman–Crippen LogP) is 2.34. The quantitative estimate of drug-likeness (QED) is 0.610. The number of carbonyl (C=O) groups is 1. The Morgan fingerprint density at radius 1 is 1.13 bits per heavy atom. The second kappa shape index (κ2) is 10.0. The number of methoxy groups -OCH3 is 1. The molecule has 1 heterocycles. The van der Waals surface area contributed by atoms with Crippen molar-refractivity contribution in [2.24, 2.45) is 5.92 Å². The van der Waals surface area contributed by atoms with Crippen LogP contribution in [0.4, 0.5) is 0 Å². The number of para-hydroxylation sites is 2. The van der Waals surface area contributed by atoms with Crippen LogP contribution in [-0.4, -0.2) is 46.7 Å². The van der Waals surface area contributed by atoms with Crippen LogP contribution in [-0.2, 0) is 14.8 Å². The summed E-state index contributed by atoms with van der Waals surface area (Å²) in [5, 5.41) is 2.79. The lowest BCUT2D eigenvalue weighted by Gasteiger charge is -2.27. The molecular weight excluding hydrogens is 420 g/mol. The summed E-state index contributed by atoms with van der Waals surface area (Å²) in [6.45, 7) is 4.35. The molecule has 8 nitrogen and oxygen atoms in total. The first-order valence-corrected chi connectivity index (χ1v) is 11.6. The second-order valence-electron chi connectivity index (χ2n) is 7.72. The molecule has 0 aromatic heterocycles. The topological polar surface area (TPSA) is 103 Å². The van der Waals surface area contributed by atoms with Gasteiger partial charge in [0, 0.05) is 0 Å². The van der Waals surface area contributed by atoms with Gasteiger partial charge >= 0.3 is 0 Å². The van der Waals surface area contributed by atoms with Gasteiger partial charge in [0.1, 0.15) is 24.5 Å². The largest absolute Gasteiger partial charge is 0.497 e. The van der Waals surface area contributed by atoms with Crippen molar-refractivity contribution in [1.82, 2.24) is 10.0 Å². The van der Waals surface area contributed by atoms with Gasteiger partial charge in [0.2, 0.25) is 15.9 Å². The van der Waals surface area contributed by atoms with Gasteiger partial charge in [0.15, 0.2) is 11.5 Å². The summed E-state index contributed by atoms with van der Waals surface area (Å²) in [4.78, 5) is 12.9. The van der Waals surface area contributed by atoms with Crippen LogP contribution in [0.15, 0.2) is 53.4 Å². The number of nitrogens with one attached hydrogen (secondary N) is 2. The fourth-order valence-electron chi connectivity index (χ4n) is 3.19. The van der Waals surface area contributed by atoms with Crippen LogP contribution in [0.25, 0.3) is 0 Å². The molecule has 0 saturated heterocycles. The van der Waals surface area contributed by atoms with E-state index in [9.17, 15) is 13.2 Å². The van der Waals surface area contributed by atoms with E-state index in [1.165, 1.54) is 19.2 Å². The molecule has 0 fully saturated rings. The van der Waals surface area contributed by atoms with E-state index in [4.69, 9.17) is 14.2 Å². The average molecular weight is 449 g/mol. The van der Waals surface area contributed by atoms with Crippen molar-refractivity contribution < 1.29 is 27.4 Å². The van der Waals surface area contributed by atoms with Crippen molar-refractivity contribution in [2.75, 3.05) is 20.3 Å². The zero-order chi connectivity index (χ0) is 22.4. The Bertz CT molecular complexity index is 991. The van der Waals surface area contributed by atoms with Crippen LogP contribution in [0, 0.1) is 5.92 Å². The van der Waals surface area contributed by atoms with Crippen LogP contribution in [0.2, 0.25) is 0 Å². The van der Waals surface area contributed by atoms with Crippen LogP contribution in [0.1, 0.15) is 20.3 Å². The Morgan fingerprint density at radius 3 is 2.45 bits per heavy atom. The molecule has 2 N–H and O–H groups in total. The molecule has 2 aromatic rings. The maximum atomic E-state index is 12.8. The normalized spacial score (nSPS) is 16.6. The highest BCUT2D eigenvalue weighted by molar-refractivity contribution is 7.89. The van der Waals surface area contributed by atoms with E-state index in [2.05, 4.69) is 10.0 Å². The Balaban J connectivity index is 1.63. The number of benzene rings is 2. The highest BCUT2D eigenvalue weighted by atomic mass is 32.2. The molecule has 0 aliphatic carbocycles. The smallest absolute Gasteiger partial charge is 0.241 e. The van der Waals surface area contributed by atoms with Gasteiger partial charge in [-0.25, -0.2) is 8.42 Å². The molecule has 0 radical (unpaired) electrons.